The Morgan fingerprint density at radius 2 is 1.95 bits per heavy atom. The van der Waals surface area contributed by atoms with Crippen LogP contribution in [0.25, 0.3) is 0 Å². The molecule has 1 aliphatic heterocycles. The number of piperidine rings is 1. The standard InChI is InChI=1S/C15H21N3O4/c1-16-11(8-12(19)17(2)14(16)21)13(20)18-7-3-4-10(9-18)15(22)5-6-15/h8,10,22H,3-7,9H2,1-2H3. The number of rotatable bonds is 2. The van der Waals surface area contributed by atoms with E-state index in [4.69, 9.17) is 0 Å². The molecule has 7 nitrogen and oxygen atoms in total. The number of nitrogens with zero attached hydrogens (tertiary/aromatic N) is 3. The molecule has 1 saturated heterocycles. The predicted molar refractivity (Wildman–Crippen MR) is 79.7 cm³/mol. The minimum Gasteiger partial charge on any atom is -0.390 e. The maximum Gasteiger partial charge on any atom is 0.331 e. The summed E-state index contributed by atoms with van der Waals surface area (Å²) in [7, 11) is 2.88. The molecule has 0 aromatic carbocycles. The SMILES string of the molecule is Cn1c(C(=O)N2CCCC(C3(O)CC3)C2)cc(=O)n(C)c1=O. The lowest BCUT2D eigenvalue weighted by molar-refractivity contribution is 0.0276. The Bertz CT molecular complexity index is 729. The van der Waals surface area contributed by atoms with Crippen LogP contribution in [-0.2, 0) is 14.1 Å². The molecule has 1 aromatic heterocycles. The Kier molecular flexibility index (Phi) is 3.47. The quantitative estimate of drug-likeness (QED) is 0.795. The molecule has 0 radical (unpaired) electrons. The normalized spacial score (nSPS) is 23.4. The predicted octanol–water partition coefficient (Wildman–Crippen LogP) is -0.539. The number of hydrogen-bond acceptors (Lipinski definition) is 4. The Balaban J connectivity index is 1.88. The van der Waals surface area contributed by atoms with Crippen LogP contribution in [0.2, 0.25) is 0 Å². The summed E-state index contributed by atoms with van der Waals surface area (Å²) in [6.45, 7) is 1.08. The van der Waals surface area contributed by atoms with Crippen LogP contribution in [0, 0.1) is 5.92 Å². The third kappa shape index (κ3) is 2.39. The van der Waals surface area contributed by atoms with Crippen LogP contribution in [0.4, 0.5) is 0 Å². The van der Waals surface area contributed by atoms with Crippen molar-refractivity contribution in [2.45, 2.75) is 31.3 Å². The van der Waals surface area contributed by atoms with E-state index in [2.05, 4.69) is 0 Å². The van der Waals surface area contributed by atoms with Gasteiger partial charge in [0.05, 0.1) is 5.60 Å². The van der Waals surface area contributed by atoms with E-state index in [1.54, 1.807) is 4.90 Å². The first-order chi connectivity index (χ1) is 10.3. The first-order valence-electron chi connectivity index (χ1n) is 7.62. The van der Waals surface area contributed by atoms with Gasteiger partial charge in [-0.3, -0.25) is 18.7 Å². The molecule has 1 atom stereocenters. The van der Waals surface area contributed by atoms with Crippen LogP contribution in [0.15, 0.2) is 15.7 Å². The van der Waals surface area contributed by atoms with E-state index in [1.165, 1.54) is 24.7 Å². The van der Waals surface area contributed by atoms with Gasteiger partial charge in [-0.1, -0.05) is 0 Å². The number of hydrogen-bond donors (Lipinski definition) is 1. The molecule has 1 unspecified atom stereocenters. The summed E-state index contributed by atoms with van der Waals surface area (Å²) in [6.07, 6.45) is 3.33. The summed E-state index contributed by atoms with van der Waals surface area (Å²) in [5.74, 6) is -0.222. The highest BCUT2D eigenvalue weighted by Crippen LogP contribution is 2.45. The Morgan fingerprint density at radius 1 is 1.27 bits per heavy atom. The average molecular weight is 307 g/mol. The zero-order chi connectivity index (χ0) is 16.1. The van der Waals surface area contributed by atoms with Crippen molar-refractivity contribution >= 4 is 5.91 Å². The Morgan fingerprint density at radius 3 is 2.59 bits per heavy atom. The van der Waals surface area contributed by atoms with Crippen molar-refractivity contribution in [1.29, 1.82) is 0 Å². The van der Waals surface area contributed by atoms with Gasteiger partial charge in [-0.25, -0.2) is 4.79 Å². The molecule has 2 fully saturated rings. The molecule has 0 spiro atoms. The molecule has 1 aliphatic carbocycles. The summed E-state index contributed by atoms with van der Waals surface area (Å²) in [4.78, 5) is 38.0. The molecule has 22 heavy (non-hydrogen) atoms. The van der Waals surface area contributed by atoms with Gasteiger partial charge < -0.3 is 10.0 Å². The van der Waals surface area contributed by atoms with Gasteiger partial charge in [-0.15, -0.1) is 0 Å². The van der Waals surface area contributed by atoms with E-state index < -0.39 is 16.9 Å². The fourth-order valence-corrected chi connectivity index (χ4v) is 3.24. The van der Waals surface area contributed by atoms with Crippen molar-refractivity contribution in [2.75, 3.05) is 13.1 Å². The van der Waals surface area contributed by atoms with E-state index in [0.717, 1.165) is 30.3 Å². The van der Waals surface area contributed by atoms with Gasteiger partial charge in [0.15, 0.2) is 0 Å². The van der Waals surface area contributed by atoms with E-state index in [-0.39, 0.29) is 17.5 Å². The molecular weight excluding hydrogens is 286 g/mol. The lowest BCUT2D eigenvalue weighted by atomic mass is 9.90. The topological polar surface area (TPSA) is 84.5 Å². The van der Waals surface area contributed by atoms with Crippen molar-refractivity contribution < 1.29 is 9.90 Å². The smallest absolute Gasteiger partial charge is 0.331 e. The number of likely N-dealkylation sites (tertiary alicyclic amines) is 1. The van der Waals surface area contributed by atoms with Gasteiger partial charge >= 0.3 is 5.69 Å². The number of aromatic nitrogens is 2. The summed E-state index contributed by atoms with van der Waals surface area (Å²) < 4.78 is 2.18. The molecule has 1 N–H and O–H groups in total. The molecule has 2 aliphatic rings. The summed E-state index contributed by atoms with van der Waals surface area (Å²) in [5.41, 5.74) is -1.50. The Hall–Kier alpha value is -1.89. The maximum absolute atomic E-state index is 12.7. The van der Waals surface area contributed by atoms with E-state index >= 15 is 0 Å². The van der Waals surface area contributed by atoms with Crippen LogP contribution in [0.5, 0.6) is 0 Å². The number of amides is 1. The molecule has 7 heteroatoms. The number of carbonyl (C=O) groups is 1. The number of aliphatic hydroxyl groups is 1. The lowest BCUT2D eigenvalue weighted by Crippen LogP contribution is -2.47. The van der Waals surface area contributed by atoms with Crippen molar-refractivity contribution in [2.24, 2.45) is 20.0 Å². The zero-order valence-corrected chi connectivity index (χ0v) is 12.9. The van der Waals surface area contributed by atoms with Crippen LogP contribution < -0.4 is 11.2 Å². The highest BCUT2D eigenvalue weighted by Gasteiger charge is 2.49. The molecule has 1 saturated carbocycles. The number of carbonyl (C=O) groups excluding carboxylic acids is 1. The minimum absolute atomic E-state index is 0.0915. The largest absolute Gasteiger partial charge is 0.390 e. The third-order valence-electron chi connectivity index (χ3n) is 4.98. The first-order valence-corrected chi connectivity index (χ1v) is 7.62. The van der Waals surface area contributed by atoms with Crippen LogP contribution in [0.1, 0.15) is 36.2 Å². The first kappa shape index (κ1) is 15.0. The maximum atomic E-state index is 12.7. The second-order valence-electron chi connectivity index (χ2n) is 6.46. The highest BCUT2D eigenvalue weighted by molar-refractivity contribution is 5.92. The molecule has 1 aromatic rings. The average Bonchev–Trinajstić information content (AvgIpc) is 3.27. The summed E-state index contributed by atoms with van der Waals surface area (Å²) in [6, 6.07) is 1.21. The molecule has 120 valence electrons. The molecule has 1 amide bonds. The van der Waals surface area contributed by atoms with Gasteiger partial charge in [0.25, 0.3) is 11.5 Å². The second kappa shape index (κ2) is 5.08. The van der Waals surface area contributed by atoms with Gasteiger partial charge in [0.2, 0.25) is 0 Å². The summed E-state index contributed by atoms with van der Waals surface area (Å²) in [5, 5.41) is 10.3. The monoisotopic (exact) mass is 307 g/mol. The van der Waals surface area contributed by atoms with Gasteiger partial charge in [0, 0.05) is 39.2 Å². The van der Waals surface area contributed by atoms with Crippen LogP contribution in [0.3, 0.4) is 0 Å². The second-order valence-corrected chi connectivity index (χ2v) is 6.46. The van der Waals surface area contributed by atoms with Gasteiger partial charge in [-0.2, -0.15) is 0 Å². The van der Waals surface area contributed by atoms with Crippen molar-refractivity contribution in [3.63, 3.8) is 0 Å². The van der Waals surface area contributed by atoms with Crippen molar-refractivity contribution in [1.82, 2.24) is 14.0 Å². The van der Waals surface area contributed by atoms with Crippen LogP contribution in [-0.4, -0.2) is 43.7 Å². The lowest BCUT2D eigenvalue weighted by Gasteiger charge is -2.35. The van der Waals surface area contributed by atoms with E-state index in [1.807, 2.05) is 0 Å². The zero-order valence-electron chi connectivity index (χ0n) is 12.9. The van der Waals surface area contributed by atoms with E-state index in [9.17, 15) is 19.5 Å². The van der Waals surface area contributed by atoms with Crippen molar-refractivity contribution in [3.05, 3.63) is 32.6 Å². The van der Waals surface area contributed by atoms with Crippen LogP contribution >= 0.6 is 0 Å². The fraction of sp³-hybridized carbons (Fsp3) is 0.667. The third-order valence-corrected chi connectivity index (χ3v) is 4.98. The minimum atomic E-state index is -0.613. The molecular formula is C15H21N3O4. The van der Waals surface area contributed by atoms with Gasteiger partial charge in [-0.05, 0) is 25.7 Å². The fourth-order valence-electron chi connectivity index (χ4n) is 3.24. The van der Waals surface area contributed by atoms with Gasteiger partial charge in [0.1, 0.15) is 5.69 Å². The van der Waals surface area contributed by atoms with E-state index in [0.29, 0.717) is 13.1 Å². The molecule has 0 bridgehead atoms. The molecule has 3 rings (SSSR count). The summed E-state index contributed by atoms with van der Waals surface area (Å²) >= 11 is 0. The highest BCUT2D eigenvalue weighted by atomic mass is 16.3. The van der Waals surface area contributed by atoms with Crippen molar-refractivity contribution in [3.8, 4) is 0 Å². The Labute approximate surface area is 127 Å². The molecule has 2 heterocycles.